The van der Waals surface area contributed by atoms with Crippen LogP contribution in [0.2, 0.25) is 5.15 Å². The molecule has 1 aromatic carbocycles. The largest absolute Gasteiger partial charge is 0.334 e. The average Bonchev–Trinajstić information content (AvgIpc) is 2.40. The van der Waals surface area contributed by atoms with E-state index in [4.69, 9.17) is 16.9 Å². The van der Waals surface area contributed by atoms with E-state index in [1.807, 2.05) is 19.9 Å². The van der Waals surface area contributed by atoms with Crippen molar-refractivity contribution in [3.63, 3.8) is 0 Å². The number of hydrogen-bond acceptors (Lipinski definition) is 3. The summed E-state index contributed by atoms with van der Waals surface area (Å²) in [5.74, 6) is -0.106. The Balaban J connectivity index is 2.64. The summed E-state index contributed by atoms with van der Waals surface area (Å²) >= 11 is 5.95. The highest BCUT2D eigenvalue weighted by Gasteiger charge is 2.16. The van der Waals surface area contributed by atoms with E-state index >= 15 is 0 Å². The Morgan fingerprint density at radius 1 is 1.29 bits per heavy atom. The summed E-state index contributed by atoms with van der Waals surface area (Å²) in [6, 6.07) is 8.76. The first-order valence-electron chi connectivity index (χ1n) is 6.46. The normalized spacial score (nSPS) is 10.6. The van der Waals surface area contributed by atoms with Crippen molar-refractivity contribution in [3.8, 4) is 11.8 Å². The minimum Gasteiger partial charge on any atom is -0.297 e. The van der Waals surface area contributed by atoms with Gasteiger partial charge in [-0.2, -0.15) is 5.26 Å². The maximum absolute atomic E-state index is 12.5. The second kappa shape index (κ2) is 5.98. The van der Waals surface area contributed by atoms with Crippen molar-refractivity contribution in [2.45, 2.75) is 26.2 Å². The molecule has 5 nitrogen and oxygen atoms in total. The van der Waals surface area contributed by atoms with Crippen LogP contribution in [0.3, 0.4) is 0 Å². The van der Waals surface area contributed by atoms with Gasteiger partial charge < -0.3 is 0 Å². The number of nitriles is 1. The predicted octanol–water partition coefficient (Wildman–Crippen LogP) is 2.37. The van der Waals surface area contributed by atoms with E-state index in [2.05, 4.69) is 4.98 Å². The molecule has 0 spiro atoms. The molecule has 0 aliphatic carbocycles. The fourth-order valence-electron chi connectivity index (χ4n) is 2.11. The molecule has 1 N–H and O–H groups in total. The highest BCUT2D eigenvalue weighted by Crippen LogP contribution is 2.17. The maximum atomic E-state index is 12.5. The molecule has 2 aromatic rings. The van der Waals surface area contributed by atoms with Gasteiger partial charge in [0.15, 0.2) is 0 Å². The van der Waals surface area contributed by atoms with Crippen LogP contribution in [0.25, 0.3) is 5.69 Å². The quantitative estimate of drug-likeness (QED) is 0.884. The number of hydrogen-bond donors (Lipinski definition) is 1. The van der Waals surface area contributed by atoms with E-state index in [-0.39, 0.29) is 17.5 Å². The van der Waals surface area contributed by atoms with Crippen molar-refractivity contribution in [3.05, 3.63) is 61.4 Å². The van der Waals surface area contributed by atoms with E-state index < -0.39 is 11.2 Å². The zero-order valence-corrected chi connectivity index (χ0v) is 12.4. The van der Waals surface area contributed by atoms with Gasteiger partial charge in [0.25, 0.3) is 5.56 Å². The number of H-pyrrole nitrogens is 1. The van der Waals surface area contributed by atoms with E-state index in [0.717, 1.165) is 10.1 Å². The molecule has 1 aromatic heterocycles. The van der Waals surface area contributed by atoms with Gasteiger partial charge in [0.2, 0.25) is 0 Å². The van der Waals surface area contributed by atoms with Gasteiger partial charge in [-0.1, -0.05) is 37.6 Å². The molecular formula is C15H14ClN3O2. The molecule has 0 aliphatic rings. The van der Waals surface area contributed by atoms with Crippen LogP contribution in [0.4, 0.5) is 0 Å². The molecule has 0 radical (unpaired) electrons. The smallest absolute Gasteiger partial charge is 0.297 e. The lowest BCUT2D eigenvalue weighted by Crippen LogP contribution is -2.36. The summed E-state index contributed by atoms with van der Waals surface area (Å²) in [5, 5.41) is 8.73. The molecule has 0 bridgehead atoms. The molecule has 0 aliphatic heterocycles. The highest BCUT2D eigenvalue weighted by atomic mass is 35.5. The number of halogens is 1. The number of nitrogens with zero attached hydrogens (tertiary/aromatic N) is 2. The van der Waals surface area contributed by atoms with E-state index in [1.54, 1.807) is 24.3 Å². The van der Waals surface area contributed by atoms with Crippen LogP contribution in [-0.2, 0) is 6.42 Å². The Morgan fingerprint density at radius 2 is 1.90 bits per heavy atom. The van der Waals surface area contributed by atoms with Gasteiger partial charge >= 0.3 is 5.69 Å². The van der Waals surface area contributed by atoms with Gasteiger partial charge in [-0.15, -0.1) is 0 Å². The second-order valence-electron chi connectivity index (χ2n) is 4.95. The SMILES string of the molecule is CC(C)c1c(Cl)[nH]c(=O)n(-c2ccc(CC#N)cc2)c1=O. The monoisotopic (exact) mass is 303 g/mol. The topological polar surface area (TPSA) is 78.7 Å². The molecule has 0 unspecified atom stereocenters. The summed E-state index contributed by atoms with van der Waals surface area (Å²) in [6.45, 7) is 3.67. The number of aromatic nitrogens is 2. The molecule has 21 heavy (non-hydrogen) atoms. The lowest BCUT2D eigenvalue weighted by Gasteiger charge is -2.11. The number of nitrogens with one attached hydrogen (secondary N) is 1. The summed E-state index contributed by atoms with van der Waals surface area (Å²) < 4.78 is 1.05. The maximum Gasteiger partial charge on any atom is 0.334 e. The fraction of sp³-hybridized carbons (Fsp3) is 0.267. The van der Waals surface area contributed by atoms with Crippen molar-refractivity contribution in [2.24, 2.45) is 0 Å². The third kappa shape index (κ3) is 2.91. The van der Waals surface area contributed by atoms with Gasteiger partial charge in [0.05, 0.1) is 23.7 Å². The summed E-state index contributed by atoms with van der Waals surface area (Å²) in [6.07, 6.45) is 0.281. The third-order valence-corrected chi connectivity index (χ3v) is 3.44. The lowest BCUT2D eigenvalue weighted by atomic mass is 10.1. The second-order valence-corrected chi connectivity index (χ2v) is 5.33. The Morgan fingerprint density at radius 3 is 2.43 bits per heavy atom. The first-order valence-corrected chi connectivity index (χ1v) is 6.84. The number of aromatic amines is 1. The molecule has 6 heteroatoms. The molecule has 0 fully saturated rings. The first kappa shape index (κ1) is 15.1. The Hall–Kier alpha value is -2.32. The van der Waals surface area contributed by atoms with E-state index in [0.29, 0.717) is 11.3 Å². The standard InChI is InChI=1S/C15H14ClN3O2/c1-9(2)12-13(16)18-15(21)19(14(12)20)11-5-3-10(4-6-11)7-8-17/h3-6,9H,7H2,1-2H3,(H,18,21). The highest BCUT2D eigenvalue weighted by molar-refractivity contribution is 6.30. The van der Waals surface area contributed by atoms with Gasteiger partial charge in [-0.25, -0.2) is 9.36 Å². The van der Waals surface area contributed by atoms with Crippen molar-refractivity contribution in [1.82, 2.24) is 9.55 Å². The first-order chi connectivity index (χ1) is 9.95. The van der Waals surface area contributed by atoms with Crippen LogP contribution < -0.4 is 11.2 Å². The van der Waals surface area contributed by atoms with Gasteiger partial charge in [0, 0.05) is 0 Å². The van der Waals surface area contributed by atoms with Crippen molar-refractivity contribution < 1.29 is 0 Å². The Kier molecular flexibility index (Phi) is 4.29. The van der Waals surface area contributed by atoms with Crippen molar-refractivity contribution in [2.75, 3.05) is 0 Å². The van der Waals surface area contributed by atoms with Gasteiger partial charge in [0.1, 0.15) is 5.15 Å². The lowest BCUT2D eigenvalue weighted by molar-refractivity contribution is 0.777. The minimum atomic E-state index is -0.581. The molecule has 0 atom stereocenters. The molecule has 0 amide bonds. The molecular weight excluding hydrogens is 290 g/mol. The van der Waals surface area contributed by atoms with Crippen molar-refractivity contribution in [1.29, 1.82) is 5.26 Å². The minimum absolute atomic E-state index is 0.0809. The summed E-state index contributed by atoms with van der Waals surface area (Å²) in [5.41, 5.74) is 0.636. The van der Waals surface area contributed by atoms with Crippen LogP contribution in [0, 0.1) is 11.3 Å². The molecule has 0 saturated carbocycles. The Labute approximate surface area is 126 Å². The van der Waals surface area contributed by atoms with Gasteiger partial charge in [-0.3, -0.25) is 9.78 Å². The Bertz CT molecular complexity index is 811. The van der Waals surface area contributed by atoms with E-state index in [1.165, 1.54) is 0 Å². The zero-order valence-electron chi connectivity index (χ0n) is 11.7. The summed E-state index contributed by atoms with van der Waals surface area (Å²) in [4.78, 5) is 27.0. The van der Waals surface area contributed by atoms with Crippen LogP contribution in [0.1, 0.15) is 30.9 Å². The molecule has 1 heterocycles. The molecule has 0 saturated heterocycles. The van der Waals surface area contributed by atoms with Crippen molar-refractivity contribution >= 4 is 11.6 Å². The zero-order chi connectivity index (χ0) is 15.6. The van der Waals surface area contributed by atoms with Crippen LogP contribution in [0.15, 0.2) is 33.9 Å². The average molecular weight is 304 g/mol. The predicted molar refractivity (Wildman–Crippen MR) is 81.1 cm³/mol. The number of benzene rings is 1. The van der Waals surface area contributed by atoms with Crippen LogP contribution >= 0.6 is 11.6 Å². The van der Waals surface area contributed by atoms with Gasteiger partial charge in [-0.05, 0) is 23.6 Å². The molecule has 108 valence electrons. The molecule has 2 rings (SSSR count). The fourth-order valence-corrected chi connectivity index (χ4v) is 2.49. The third-order valence-electron chi connectivity index (χ3n) is 3.14. The van der Waals surface area contributed by atoms with Crippen LogP contribution in [-0.4, -0.2) is 9.55 Å². The van der Waals surface area contributed by atoms with E-state index in [9.17, 15) is 9.59 Å². The number of rotatable bonds is 3. The van der Waals surface area contributed by atoms with Crippen LogP contribution in [0.5, 0.6) is 0 Å². The summed E-state index contributed by atoms with van der Waals surface area (Å²) in [7, 11) is 0.